The number of rotatable bonds is 4. The summed E-state index contributed by atoms with van der Waals surface area (Å²) in [4.78, 5) is 11.8. The van der Waals surface area contributed by atoms with E-state index >= 15 is 0 Å². The first-order chi connectivity index (χ1) is 8.58. The first-order valence-electron chi connectivity index (χ1n) is 6.39. The van der Waals surface area contributed by atoms with Gasteiger partial charge in [0.1, 0.15) is 0 Å². The van der Waals surface area contributed by atoms with Gasteiger partial charge in [-0.1, -0.05) is 34.5 Å². The largest absolute Gasteiger partial charge is 0.348 e. The van der Waals surface area contributed by atoms with Crippen molar-refractivity contribution < 1.29 is 4.79 Å². The highest BCUT2D eigenvalue weighted by atomic mass is 79.9. The van der Waals surface area contributed by atoms with Crippen LogP contribution in [-0.2, 0) is 4.79 Å². The van der Waals surface area contributed by atoms with Crippen molar-refractivity contribution in [1.29, 1.82) is 0 Å². The van der Waals surface area contributed by atoms with Gasteiger partial charge in [0.05, 0.1) is 12.1 Å². The molecule has 2 rings (SSSR count). The standard InChI is InChI=1S/C14H19BrN2O.ClH/c1-9(16)14(18)17-13(10-3-2-4-10)11-5-7-12(15)8-6-11;/h5-10,13H,2-4,16H2,1H3,(H,17,18);1H/t9-,13?;/m1./s1. The van der Waals surface area contributed by atoms with Crippen molar-refractivity contribution in [2.75, 3.05) is 0 Å². The van der Waals surface area contributed by atoms with Gasteiger partial charge in [0.25, 0.3) is 0 Å². The number of amides is 1. The van der Waals surface area contributed by atoms with E-state index in [-0.39, 0.29) is 24.4 Å². The summed E-state index contributed by atoms with van der Waals surface area (Å²) in [5.41, 5.74) is 6.79. The summed E-state index contributed by atoms with van der Waals surface area (Å²) in [5.74, 6) is 0.476. The lowest BCUT2D eigenvalue weighted by molar-refractivity contribution is -0.123. The zero-order valence-electron chi connectivity index (χ0n) is 10.9. The third-order valence-corrected chi connectivity index (χ3v) is 4.09. The molecule has 0 heterocycles. The van der Waals surface area contributed by atoms with Crippen LogP contribution in [0.4, 0.5) is 0 Å². The summed E-state index contributed by atoms with van der Waals surface area (Å²) in [7, 11) is 0. The fourth-order valence-electron chi connectivity index (χ4n) is 2.20. The maximum absolute atomic E-state index is 11.8. The van der Waals surface area contributed by atoms with E-state index in [0.29, 0.717) is 5.92 Å². The van der Waals surface area contributed by atoms with E-state index in [1.807, 2.05) is 12.1 Å². The molecule has 3 N–H and O–H groups in total. The monoisotopic (exact) mass is 346 g/mol. The average molecular weight is 348 g/mol. The van der Waals surface area contributed by atoms with E-state index in [2.05, 4.69) is 33.4 Å². The van der Waals surface area contributed by atoms with Gasteiger partial charge >= 0.3 is 0 Å². The Labute approximate surface area is 128 Å². The summed E-state index contributed by atoms with van der Waals surface area (Å²) in [5, 5.41) is 3.07. The normalized spacial score (nSPS) is 17.8. The molecule has 5 heteroatoms. The second-order valence-electron chi connectivity index (χ2n) is 5.02. The van der Waals surface area contributed by atoms with Crippen LogP contribution in [0.2, 0.25) is 0 Å². The quantitative estimate of drug-likeness (QED) is 0.879. The topological polar surface area (TPSA) is 55.1 Å². The van der Waals surface area contributed by atoms with Crippen LogP contribution >= 0.6 is 28.3 Å². The Bertz CT molecular complexity index is 418. The van der Waals surface area contributed by atoms with Crippen molar-refractivity contribution in [1.82, 2.24) is 5.32 Å². The number of benzene rings is 1. The highest BCUT2D eigenvalue weighted by Gasteiger charge is 2.30. The summed E-state index contributed by atoms with van der Waals surface area (Å²) >= 11 is 3.43. The SMILES string of the molecule is C[C@@H](N)C(=O)NC(c1ccc(Br)cc1)C1CCC1.Cl. The summed E-state index contributed by atoms with van der Waals surface area (Å²) in [6, 6.07) is 7.80. The van der Waals surface area contributed by atoms with E-state index in [1.165, 1.54) is 19.3 Å². The molecule has 1 amide bonds. The van der Waals surface area contributed by atoms with Crippen LogP contribution in [0.3, 0.4) is 0 Å². The molecule has 3 nitrogen and oxygen atoms in total. The molecule has 0 bridgehead atoms. The number of halogens is 2. The average Bonchev–Trinajstić information content (AvgIpc) is 2.26. The summed E-state index contributed by atoms with van der Waals surface area (Å²) in [6.07, 6.45) is 3.62. The van der Waals surface area contributed by atoms with Crippen LogP contribution in [-0.4, -0.2) is 11.9 Å². The smallest absolute Gasteiger partial charge is 0.237 e. The molecule has 0 aliphatic heterocycles. The Balaban J connectivity index is 0.00000180. The fourth-order valence-corrected chi connectivity index (χ4v) is 2.47. The molecule has 0 spiro atoms. The number of hydrogen-bond acceptors (Lipinski definition) is 2. The zero-order valence-corrected chi connectivity index (χ0v) is 13.3. The van der Waals surface area contributed by atoms with Crippen LogP contribution in [0, 0.1) is 5.92 Å². The van der Waals surface area contributed by atoms with Crippen molar-refractivity contribution in [2.45, 2.75) is 38.3 Å². The number of nitrogens with two attached hydrogens (primary N) is 1. The highest BCUT2D eigenvalue weighted by molar-refractivity contribution is 9.10. The molecule has 0 aromatic heterocycles. The molecule has 106 valence electrons. The van der Waals surface area contributed by atoms with Crippen molar-refractivity contribution in [3.8, 4) is 0 Å². The molecule has 1 aromatic carbocycles. The molecule has 1 fully saturated rings. The van der Waals surface area contributed by atoms with E-state index < -0.39 is 6.04 Å². The maximum Gasteiger partial charge on any atom is 0.237 e. The number of nitrogens with one attached hydrogen (secondary N) is 1. The lowest BCUT2D eigenvalue weighted by atomic mass is 9.77. The Hall–Kier alpha value is -0.580. The molecule has 2 atom stereocenters. The first kappa shape index (κ1) is 16.5. The lowest BCUT2D eigenvalue weighted by Gasteiger charge is -2.35. The second kappa shape index (κ2) is 7.27. The van der Waals surface area contributed by atoms with Gasteiger partial charge in [0.2, 0.25) is 5.91 Å². The van der Waals surface area contributed by atoms with Crippen LogP contribution in [0.1, 0.15) is 37.8 Å². The van der Waals surface area contributed by atoms with Crippen molar-refractivity contribution in [3.63, 3.8) is 0 Å². The molecular formula is C14H20BrClN2O. The third-order valence-electron chi connectivity index (χ3n) is 3.56. The number of carbonyl (C=O) groups is 1. The summed E-state index contributed by atoms with van der Waals surface area (Å²) in [6.45, 7) is 1.72. The van der Waals surface area contributed by atoms with E-state index in [0.717, 1.165) is 10.0 Å². The minimum Gasteiger partial charge on any atom is -0.348 e. The van der Waals surface area contributed by atoms with Gasteiger partial charge in [0, 0.05) is 4.47 Å². The molecule has 1 aromatic rings. The van der Waals surface area contributed by atoms with E-state index in [1.54, 1.807) is 6.92 Å². The molecule has 1 aliphatic carbocycles. The van der Waals surface area contributed by atoms with Crippen molar-refractivity contribution >= 4 is 34.2 Å². The van der Waals surface area contributed by atoms with Crippen molar-refractivity contribution in [2.24, 2.45) is 11.7 Å². The molecule has 1 aliphatic rings. The van der Waals surface area contributed by atoms with Crippen LogP contribution < -0.4 is 11.1 Å². The molecule has 1 saturated carbocycles. The zero-order chi connectivity index (χ0) is 13.1. The maximum atomic E-state index is 11.8. The Morgan fingerprint density at radius 3 is 2.37 bits per heavy atom. The van der Waals surface area contributed by atoms with Crippen LogP contribution in [0.5, 0.6) is 0 Å². The van der Waals surface area contributed by atoms with Gasteiger partial charge in [-0.3, -0.25) is 4.79 Å². The van der Waals surface area contributed by atoms with Gasteiger partial charge < -0.3 is 11.1 Å². The van der Waals surface area contributed by atoms with E-state index in [9.17, 15) is 4.79 Å². The van der Waals surface area contributed by atoms with Gasteiger partial charge in [-0.25, -0.2) is 0 Å². The first-order valence-corrected chi connectivity index (χ1v) is 7.18. The number of hydrogen-bond donors (Lipinski definition) is 2. The Morgan fingerprint density at radius 2 is 1.95 bits per heavy atom. The molecular weight excluding hydrogens is 328 g/mol. The van der Waals surface area contributed by atoms with Gasteiger partial charge in [0.15, 0.2) is 0 Å². The Kier molecular flexibility index (Phi) is 6.30. The highest BCUT2D eigenvalue weighted by Crippen LogP contribution is 2.37. The van der Waals surface area contributed by atoms with Crippen molar-refractivity contribution in [3.05, 3.63) is 34.3 Å². The lowest BCUT2D eigenvalue weighted by Crippen LogP contribution is -2.43. The predicted octanol–water partition coefficient (Wildman–Crippen LogP) is 3.18. The molecule has 0 radical (unpaired) electrons. The molecule has 1 unspecified atom stereocenters. The third kappa shape index (κ3) is 4.20. The van der Waals surface area contributed by atoms with Gasteiger partial charge in [-0.15, -0.1) is 12.4 Å². The van der Waals surface area contributed by atoms with E-state index in [4.69, 9.17) is 5.73 Å². The summed E-state index contributed by atoms with van der Waals surface area (Å²) < 4.78 is 1.05. The minimum absolute atomic E-state index is 0. The van der Waals surface area contributed by atoms with Crippen LogP contribution in [0.15, 0.2) is 28.7 Å². The fraction of sp³-hybridized carbons (Fsp3) is 0.500. The van der Waals surface area contributed by atoms with Gasteiger partial charge in [-0.05, 0) is 43.4 Å². The predicted molar refractivity (Wildman–Crippen MR) is 83.3 cm³/mol. The molecule has 0 saturated heterocycles. The second-order valence-corrected chi connectivity index (χ2v) is 5.93. The van der Waals surface area contributed by atoms with Gasteiger partial charge in [-0.2, -0.15) is 0 Å². The number of carbonyl (C=O) groups excluding carboxylic acids is 1. The Morgan fingerprint density at radius 1 is 1.37 bits per heavy atom. The minimum atomic E-state index is -0.456. The van der Waals surface area contributed by atoms with Crippen LogP contribution in [0.25, 0.3) is 0 Å². The molecule has 19 heavy (non-hydrogen) atoms.